The van der Waals surface area contributed by atoms with Gasteiger partial charge in [-0.25, -0.2) is 0 Å². The molecule has 0 radical (unpaired) electrons. The van der Waals surface area contributed by atoms with Crippen molar-refractivity contribution in [1.29, 1.82) is 0 Å². The summed E-state index contributed by atoms with van der Waals surface area (Å²) in [5.74, 6) is 0. The Labute approximate surface area is 110 Å². The molecule has 2 aromatic rings. The molecule has 4 heteroatoms. The lowest BCUT2D eigenvalue weighted by Gasteiger charge is -2.04. The largest absolute Gasteiger partial charge is 0.319 e. The highest BCUT2D eigenvalue weighted by molar-refractivity contribution is 9.10. The van der Waals surface area contributed by atoms with Crippen molar-refractivity contribution >= 4 is 15.9 Å². The Balaban J connectivity index is 2.09. The number of rotatable bonds is 5. The predicted octanol–water partition coefficient (Wildman–Crippen LogP) is 2.46. The summed E-state index contributed by atoms with van der Waals surface area (Å²) in [7, 11) is 1.96. The normalized spacial score (nSPS) is 10.7. The van der Waals surface area contributed by atoms with Crippen molar-refractivity contribution in [2.75, 3.05) is 13.6 Å². The summed E-state index contributed by atoms with van der Waals surface area (Å²) in [4.78, 5) is 0. The molecule has 0 amide bonds. The summed E-state index contributed by atoms with van der Waals surface area (Å²) in [5.41, 5.74) is 2.51. The first-order valence-corrected chi connectivity index (χ1v) is 6.49. The van der Waals surface area contributed by atoms with Crippen LogP contribution in [0, 0.1) is 0 Å². The molecular weight excluding hydrogens is 278 g/mol. The van der Waals surface area contributed by atoms with Crippen LogP contribution in [0.3, 0.4) is 0 Å². The third kappa shape index (κ3) is 3.17. The Morgan fingerprint density at radius 2 is 2.06 bits per heavy atom. The van der Waals surface area contributed by atoms with Crippen LogP contribution in [0.4, 0.5) is 0 Å². The van der Waals surface area contributed by atoms with Crippen LogP contribution in [0.2, 0.25) is 0 Å². The van der Waals surface area contributed by atoms with Crippen LogP contribution in [0.1, 0.15) is 11.1 Å². The molecule has 2 rings (SSSR count). The average Bonchev–Trinajstić information content (AvgIpc) is 2.70. The van der Waals surface area contributed by atoms with E-state index in [1.54, 1.807) is 0 Å². The second kappa shape index (κ2) is 5.98. The van der Waals surface area contributed by atoms with E-state index in [0.717, 1.165) is 24.1 Å². The first-order chi connectivity index (χ1) is 8.31. The van der Waals surface area contributed by atoms with Gasteiger partial charge < -0.3 is 5.32 Å². The molecule has 0 spiro atoms. The summed E-state index contributed by atoms with van der Waals surface area (Å²) in [5, 5.41) is 7.55. The van der Waals surface area contributed by atoms with Crippen molar-refractivity contribution in [2.24, 2.45) is 0 Å². The van der Waals surface area contributed by atoms with Gasteiger partial charge in [0, 0.05) is 5.56 Å². The van der Waals surface area contributed by atoms with Crippen molar-refractivity contribution in [2.45, 2.75) is 13.0 Å². The van der Waals surface area contributed by atoms with Gasteiger partial charge in [-0.15, -0.1) is 0 Å². The third-order valence-electron chi connectivity index (χ3n) is 2.66. The van der Waals surface area contributed by atoms with Gasteiger partial charge >= 0.3 is 0 Å². The number of hydrogen-bond acceptors (Lipinski definition) is 2. The maximum atomic E-state index is 4.41. The number of benzene rings is 1. The van der Waals surface area contributed by atoms with Crippen LogP contribution >= 0.6 is 15.9 Å². The number of likely N-dealkylation sites (N-methyl/N-ethyl adjacent to an activating group) is 1. The SMILES string of the molecule is CNCCc1cnn(Cc2ccccc2)c1Br. The summed E-state index contributed by atoms with van der Waals surface area (Å²) in [6, 6.07) is 10.4. The Morgan fingerprint density at radius 3 is 2.76 bits per heavy atom. The monoisotopic (exact) mass is 293 g/mol. The zero-order chi connectivity index (χ0) is 12.1. The summed E-state index contributed by atoms with van der Waals surface area (Å²) >= 11 is 3.61. The fraction of sp³-hybridized carbons (Fsp3) is 0.308. The standard InChI is InChI=1S/C13H16BrN3/c1-15-8-7-12-9-16-17(13(12)14)10-11-5-3-2-4-6-11/h2-6,9,15H,7-8,10H2,1H3. The molecule has 90 valence electrons. The van der Waals surface area contributed by atoms with Gasteiger partial charge in [0.15, 0.2) is 0 Å². The van der Waals surface area contributed by atoms with Gasteiger partial charge in [0.1, 0.15) is 4.60 Å². The van der Waals surface area contributed by atoms with E-state index in [9.17, 15) is 0 Å². The van der Waals surface area contributed by atoms with Gasteiger partial charge in [-0.05, 0) is 41.5 Å². The fourth-order valence-corrected chi connectivity index (χ4v) is 2.22. The van der Waals surface area contributed by atoms with Crippen LogP contribution in [-0.2, 0) is 13.0 Å². The molecule has 0 saturated carbocycles. The Kier molecular flexibility index (Phi) is 4.34. The number of nitrogens with one attached hydrogen (secondary N) is 1. The molecule has 0 aliphatic heterocycles. The summed E-state index contributed by atoms with van der Waals surface area (Å²) in [6.07, 6.45) is 2.93. The molecule has 1 heterocycles. The van der Waals surface area contributed by atoms with E-state index in [-0.39, 0.29) is 0 Å². The van der Waals surface area contributed by atoms with E-state index >= 15 is 0 Å². The van der Waals surface area contributed by atoms with Crippen LogP contribution in [0.5, 0.6) is 0 Å². The number of nitrogens with zero attached hydrogens (tertiary/aromatic N) is 2. The van der Waals surface area contributed by atoms with E-state index in [0.29, 0.717) is 0 Å². The highest BCUT2D eigenvalue weighted by Gasteiger charge is 2.07. The molecule has 0 saturated heterocycles. The van der Waals surface area contributed by atoms with Crippen LogP contribution in [0.25, 0.3) is 0 Å². The van der Waals surface area contributed by atoms with E-state index in [2.05, 4.69) is 50.6 Å². The first-order valence-electron chi connectivity index (χ1n) is 5.70. The molecule has 3 nitrogen and oxygen atoms in total. The van der Waals surface area contributed by atoms with Crippen LogP contribution in [0.15, 0.2) is 41.1 Å². The van der Waals surface area contributed by atoms with Gasteiger partial charge in [-0.1, -0.05) is 30.3 Å². The maximum Gasteiger partial charge on any atom is 0.107 e. The van der Waals surface area contributed by atoms with E-state index in [1.807, 2.05) is 24.0 Å². The molecule has 0 unspecified atom stereocenters. The van der Waals surface area contributed by atoms with E-state index in [4.69, 9.17) is 0 Å². The highest BCUT2D eigenvalue weighted by Crippen LogP contribution is 2.18. The first kappa shape index (κ1) is 12.3. The number of halogens is 1. The average molecular weight is 294 g/mol. The fourth-order valence-electron chi connectivity index (χ4n) is 1.70. The summed E-state index contributed by atoms with van der Waals surface area (Å²) < 4.78 is 3.07. The molecule has 0 fully saturated rings. The predicted molar refractivity (Wildman–Crippen MR) is 73.1 cm³/mol. The van der Waals surface area contributed by atoms with Gasteiger partial charge in [-0.3, -0.25) is 4.68 Å². The molecule has 1 aromatic heterocycles. The minimum absolute atomic E-state index is 0.807. The minimum atomic E-state index is 0.807. The second-order valence-corrected chi connectivity index (χ2v) is 4.71. The highest BCUT2D eigenvalue weighted by atomic mass is 79.9. The zero-order valence-corrected chi connectivity index (χ0v) is 11.4. The lowest BCUT2D eigenvalue weighted by Crippen LogP contribution is -2.10. The zero-order valence-electron chi connectivity index (χ0n) is 9.86. The van der Waals surface area contributed by atoms with Gasteiger partial charge in [0.2, 0.25) is 0 Å². The third-order valence-corrected chi connectivity index (χ3v) is 3.58. The smallest absolute Gasteiger partial charge is 0.107 e. The van der Waals surface area contributed by atoms with Crippen molar-refractivity contribution in [3.8, 4) is 0 Å². The molecule has 0 atom stereocenters. The molecule has 1 aromatic carbocycles. The van der Waals surface area contributed by atoms with Crippen molar-refractivity contribution < 1.29 is 0 Å². The molecule has 0 aliphatic rings. The Hall–Kier alpha value is -1.13. The lowest BCUT2D eigenvalue weighted by atomic mass is 10.2. The second-order valence-electron chi connectivity index (χ2n) is 3.96. The molecule has 17 heavy (non-hydrogen) atoms. The number of hydrogen-bond donors (Lipinski definition) is 1. The van der Waals surface area contributed by atoms with Crippen molar-refractivity contribution in [3.05, 3.63) is 52.3 Å². The Morgan fingerprint density at radius 1 is 1.29 bits per heavy atom. The number of aromatic nitrogens is 2. The van der Waals surface area contributed by atoms with Crippen molar-refractivity contribution in [3.63, 3.8) is 0 Å². The topological polar surface area (TPSA) is 29.9 Å². The summed E-state index contributed by atoms with van der Waals surface area (Å²) in [6.45, 7) is 1.77. The van der Waals surface area contributed by atoms with Gasteiger partial charge in [0.25, 0.3) is 0 Å². The quantitative estimate of drug-likeness (QED) is 0.918. The lowest BCUT2D eigenvalue weighted by molar-refractivity contribution is 0.669. The van der Waals surface area contributed by atoms with Crippen LogP contribution < -0.4 is 5.32 Å². The molecular formula is C13H16BrN3. The Bertz CT molecular complexity index is 465. The van der Waals surface area contributed by atoms with Gasteiger partial charge in [-0.2, -0.15) is 5.10 Å². The molecule has 1 N–H and O–H groups in total. The van der Waals surface area contributed by atoms with Gasteiger partial charge in [0.05, 0.1) is 12.7 Å². The maximum absolute atomic E-state index is 4.41. The van der Waals surface area contributed by atoms with E-state index < -0.39 is 0 Å². The van der Waals surface area contributed by atoms with Crippen molar-refractivity contribution in [1.82, 2.24) is 15.1 Å². The van der Waals surface area contributed by atoms with Crippen LogP contribution in [-0.4, -0.2) is 23.4 Å². The minimum Gasteiger partial charge on any atom is -0.319 e. The molecule has 0 aliphatic carbocycles. The van der Waals surface area contributed by atoms with E-state index in [1.165, 1.54) is 11.1 Å². The molecule has 0 bridgehead atoms.